The third-order valence-electron chi connectivity index (χ3n) is 2.74. The first-order valence-corrected chi connectivity index (χ1v) is 6.82. The van der Waals surface area contributed by atoms with Crippen molar-refractivity contribution < 1.29 is 4.79 Å². The summed E-state index contributed by atoms with van der Waals surface area (Å²) in [6.45, 7) is 3.83. The first kappa shape index (κ1) is 11.7. The van der Waals surface area contributed by atoms with Gasteiger partial charge in [0, 0.05) is 49.5 Å². The second-order valence-corrected chi connectivity index (χ2v) is 5.04. The van der Waals surface area contributed by atoms with Crippen LogP contribution >= 0.6 is 11.8 Å². The van der Waals surface area contributed by atoms with Gasteiger partial charge in [0.05, 0.1) is 0 Å². The van der Waals surface area contributed by atoms with Crippen LogP contribution < -0.4 is 5.32 Å². The minimum absolute atomic E-state index is 0.145. The Morgan fingerprint density at radius 2 is 2.62 bits per heavy atom. The average Bonchev–Trinajstić information content (AvgIpc) is 2.78. The third kappa shape index (κ3) is 2.65. The number of thioether (sulfide) groups is 1. The van der Waals surface area contributed by atoms with Crippen molar-refractivity contribution in [3.63, 3.8) is 0 Å². The highest BCUT2D eigenvalue weighted by molar-refractivity contribution is 7.99. The van der Waals surface area contributed by atoms with Crippen LogP contribution in [-0.2, 0) is 6.54 Å². The number of aryl methyl sites for hydroxylation is 1. The van der Waals surface area contributed by atoms with Gasteiger partial charge in [-0.05, 0) is 6.92 Å². The molecule has 0 radical (unpaired) electrons. The van der Waals surface area contributed by atoms with Gasteiger partial charge in [-0.2, -0.15) is 11.8 Å². The first-order valence-electron chi connectivity index (χ1n) is 5.66. The van der Waals surface area contributed by atoms with E-state index in [1.54, 1.807) is 6.20 Å². The number of hydrogen-bond acceptors (Lipinski definition) is 4. The summed E-state index contributed by atoms with van der Waals surface area (Å²) in [6.07, 6.45) is 4.11. The summed E-state index contributed by atoms with van der Waals surface area (Å²) < 4.78 is 1.90. The SMILES string of the molecule is CCn1ccnc1C(=O)CC1CSCCN1. The van der Waals surface area contributed by atoms with Crippen LogP contribution in [0.15, 0.2) is 12.4 Å². The van der Waals surface area contributed by atoms with Crippen LogP contribution in [0.3, 0.4) is 0 Å². The molecule has 2 heterocycles. The van der Waals surface area contributed by atoms with Gasteiger partial charge in [-0.3, -0.25) is 4.79 Å². The number of carbonyl (C=O) groups is 1. The fourth-order valence-electron chi connectivity index (χ4n) is 1.88. The van der Waals surface area contributed by atoms with Crippen LogP contribution in [0.2, 0.25) is 0 Å². The summed E-state index contributed by atoms with van der Waals surface area (Å²) in [5, 5.41) is 3.37. The molecule has 1 aliphatic heterocycles. The standard InChI is InChI=1S/C11H17N3OS/c1-2-14-5-3-13-11(14)10(15)7-9-8-16-6-4-12-9/h3,5,9,12H,2,4,6-8H2,1H3. The lowest BCUT2D eigenvalue weighted by atomic mass is 10.1. The van der Waals surface area contributed by atoms with E-state index in [1.165, 1.54) is 0 Å². The van der Waals surface area contributed by atoms with Crippen LogP contribution in [0.5, 0.6) is 0 Å². The molecule has 1 fully saturated rings. The minimum atomic E-state index is 0.145. The van der Waals surface area contributed by atoms with Gasteiger partial charge in [0.2, 0.25) is 0 Å². The van der Waals surface area contributed by atoms with E-state index in [4.69, 9.17) is 0 Å². The zero-order chi connectivity index (χ0) is 11.4. The third-order valence-corrected chi connectivity index (χ3v) is 3.87. The molecule has 1 unspecified atom stereocenters. The van der Waals surface area contributed by atoms with E-state index in [9.17, 15) is 4.79 Å². The number of carbonyl (C=O) groups excluding carboxylic acids is 1. The summed E-state index contributed by atoms with van der Waals surface area (Å²) in [4.78, 5) is 16.2. The quantitative estimate of drug-likeness (QED) is 0.802. The molecule has 2 rings (SSSR count). The van der Waals surface area contributed by atoms with Gasteiger partial charge in [-0.25, -0.2) is 4.98 Å². The van der Waals surface area contributed by atoms with Crippen molar-refractivity contribution in [1.82, 2.24) is 14.9 Å². The number of imidazole rings is 1. The summed E-state index contributed by atoms with van der Waals surface area (Å²) in [7, 11) is 0. The molecule has 0 aliphatic carbocycles. The molecule has 0 aromatic carbocycles. The maximum atomic E-state index is 12.0. The Kier molecular flexibility index (Phi) is 4.01. The fraction of sp³-hybridized carbons (Fsp3) is 0.636. The van der Waals surface area contributed by atoms with E-state index in [2.05, 4.69) is 10.3 Å². The Labute approximate surface area is 99.8 Å². The summed E-state index contributed by atoms with van der Waals surface area (Å²) >= 11 is 1.91. The Morgan fingerprint density at radius 3 is 3.31 bits per heavy atom. The van der Waals surface area contributed by atoms with Crippen LogP contribution in [0.25, 0.3) is 0 Å². The van der Waals surface area contributed by atoms with Gasteiger partial charge in [0.15, 0.2) is 11.6 Å². The lowest BCUT2D eigenvalue weighted by Gasteiger charge is -2.22. The number of nitrogens with zero attached hydrogens (tertiary/aromatic N) is 2. The van der Waals surface area contributed by atoms with E-state index in [0.29, 0.717) is 18.3 Å². The monoisotopic (exact) mass is 239 g/mol. The summed E-state index contributed by atoms with van der Waals surface area (Å²) in [5.41, 5.74) is 0. The molecule has 5 heteroatoms. The molecule has 1 N–H and O–H groups in total. The molecule has 0 saturated carbocycles. The molecule has 0 bridgehead atoms. The van der Waals surface area contributed by atoms with E-state index in [1.807, 2.05) is 29.4 Å². The second-order valence-electron chi connectivity index (χ2n) is 3.89. The minimum Gasteiger partial charge on any atom is -0.329 e. The predicted octanol–water partition coefficient (Wildman–Crippen LogP) is 1.18. The van der Waals surface area contributed by atoms with Crippen LogP contribution in [0, 0.1) is 0 Å². The highest BCUT2D eigenvalue weighted by Gasteiger charge is 2.20. The van der Waals surface area contributed by atoms with Crippen molar-refractivity contribution in [2.45, 2.75) is 25.9 Å². The Balaban J connectivity index is 1.96. The van der Waals surface area contributed by atoms with Crippen molar-refractivity contribution in [3.05, 3.63) is 18.2 Å². The number of ketones is 1. The van der Waals surface area contributed by atoms with Crippen molar-refractivity contribution in [2.24, 2.45) is 0 Å². The maximum absolute atomic E-state index is 12.0. The lowest BCUT2D eigenvalue weighted by Crippen LogP contribution is -2.39. The first-order chi connectivity index (χ1) is 7.81. The van der Waals surface area contributed by atoms with Crippen LogP contribution in [0.4, 0.5) is 0 Å². The van der Waals surface area contributed by atoms with Crippen molar-refractivity contribution >= 4 is 17.5 Å². The van der Waals surface area contributed by atoms with Gasteiger partial charge < -0.3 is 9.88 Å². The zero-order valence-electron chi connectivity index (χ0n) is 9.48. The fourth-order valence-corrected chi connectivity index (χ4v) is 2.83. The Bertz CT molecular complexity index is 358. The lowest BCUT2D eigenvalue weighted by molar-refractivity contribution is 0.0958. The van der Waals surface area contributed by atoms with Gasteiger partial charge in [-0.15, -0.1) is 0 Å². The number of rotatable bonds is 4. The molecule has 0 spiro atoms. The molecule has 4 nitrogen and oxygen atoms in total. The molecular weight excluding hydrogens is 222 g/mol. The second kappa shape index (κ2) is 5.50. The van der Waals surface area contributed by atoms with Crippen LogP contribution in [-0.4, -0.2) is 39.4 Å². The van der Waals surface area contributed by atoms with E-state index < -0.39 is 0 Å². The molecule has 1 aromatic rings. The van der Waals surface area contributed by atoms with E-state index in [0.717, 1.165) is 24.6 Å². The molecule has 1 atom stereocenters. The highest BCUT2D eigenvalue weighted by atomic mass is 32.2. The zero-order valence-corrected chi connectivity index (χ0v) is 10.3. The Morgan fingerprint density at radius 1 is 1.75 bits per heavy atom. The van der Waals surface area contributed by atoms with Crippen molar-refractivity contribution in [1.29, 1.82) is 0 Å². The largest absolute Gasteiger partial charge is 0.329 e. The number of aromatic nitrogens is 2. The van der Waals surface area contributed by atoms with Crippen molar-refractivity contribution in [2.75, 3.05) is 18.1 Å². The highest BCUT2D eigenvalue weighted by Crippen LogP contribution is 2.12. The van der Waals surface area contributed by atoms with E-state index in [-0.39, 0.29) is 5.78 Å². The number of nitrogens with one attached hydrogen (secondary N) is 1. The smallest absolute Gasteiger partial charge is 0.199 e. The molecular formula is C11H17N3OS. The van der Waals surface area contributed by atoms with Crippen LogP contribution in [0.1, 0.15) is 24.0 Å². The van der Waals surface area contributed by atoms with Gasteiger partial charge in [0.1, 0.15) is 0 Å². The topological polar surface area (TPSA) is 46.9 Å². The summed E-state index contributed by atoms with van der Waals surface area (Å²) in [6, 6.07) is 0.313. The molecule has 16 heavy (non-hydrogen) atoms. The van der Waals surface area contributed by atoms with Gasteiger partial charge in [-0.1, -0.05) is 0 Å². The van der Waals surface area contributed by atoms with Gasteiger partial charge in [0.25, 0.3) is 0 Å². The average molecular weight is 239 g/mol. The molecule has 1 aromatic heterocycles. The van der Waals surface area contributed by atoms with Crippen molar-refractivity contribution in [3.8, 4) is 0 Å². The molecule has 88 valence electrons. The predicted molar refractivity (Wildman–Crippen MR) is 66.0 cm³/mol. The maximum Gasteiger partial charge on any atom is 0.199 e. The number of Topliss-reactive ketones (excluding diaryl/α,β-unsaturated/α-hetero) is 1. The van der Waals surface area contributed by atoms with E-state index >= 15 is 0 Å². The molecule has 1 saturated heterocycles. The number of hydrogen-bond donors (Lipinski definition) is 1. The normalized spacial score (nSPS) is 20.9. The molecule has 1 aliphatic rings. The van der Waals surface area contributed by atoms with Gasteiger partial charge >= 0.3 is 0 Å². The Hall–Kier alpha value is -0.810. The summed E-state index contributed by atoms with van der Waals surface area (Å²) in [5.74, 6) is 2.92. The molecule has 0 amide bonds.